The fourth-order valence-corrected chi connectivity index (χ4v) is 2.19. The summed E-state index contributed by atoms with van der Waals surface area (Å²) in [4.78, 5) is 14.0. The minimum absolute atomic E-state index is 0.0184. The van der Waals surface area contributed by atoms with Gasteiger partial charge in [-0.2, -0.15) is 0 Å². The molecule has 1 saturated carbocycles. The number of carbonyl (C=O) groups excluding carboxylic acids is 1. The van der Waals surface area contributed by atoms with Crippen molar-refractivity contribution in [3.8, 4) is 0 Å². The standard InChI is InChI=1S/C14H19ClN2O/c1-17(2)12-5-3-4-11(8-12)13(18)16-10-14(9-15)6-7-14/h3-5,8H,6-7,9-10H2,1-2H3,(H,16,18). The first-order chi connectivity index (χ1) is 8.56. The molecule has 1 aromatic rings. The highest BCUT2D eigenvalue weighted by Gasteiger charge is 2.41. The summed E-state index contributed by atoms with van der Waals surface area (Å²) in [6, 6.07) is 7.62. The van der Waals surface area contributed by atoms with Crippen LogP contribution >= 0.6 is 11.6 Å². The van der Waals surface area contributed by atoms with Crippen LogP contribution in [0, 0.1) is 5.41 Å². The molecule has 2 rings (SSSR count). The molecule has 0 unspecified atom stereocenters. The summed E-state index contributed by atoms with van der Waals surface area (Å²) >= 11 is 5.89. The van der Waals surface area contributed by atoms with Gasteiger partial charge in [-0.15, -0.1) is 11.6 Å². The Morgan fingerprint density at radius 3 is 2.72 bits per heavy atom. The van der Waals surface area contributed by atoms with Gasteiger partial charge in [-0.05, 0) is 31.0 Å². The number of nitrogens with zero attached hydrogens (tertiary/aromatic N) is 1. The van der Waals surface area contributed by atoms with Crippen molar-refractivity contribution in [1.82, 2.24) is 5.32 Å². The number of amides is 1. The molecule has 0 bridgehead atoms. The van der Waals surface area contributed by atoms with E-state index in [0.717, 1.165) is 18.5 Å². The highest BCUT2D eigenvalue weighted by atomic mass is 35.5. The monoisotopic (exact) mass is 266 g/mol. The Labute approximate surface area is 113 Å². The average Bonchev–Trinajstić information content (AvgIpc) is 3.17. The molecule has 0 heterocycles. The van der Waals surface area contributed by atoms with E-state index in [2.05, 4.69) is 5.32 Å². The van der Waals surface area contributed by atoms with Gasteiger partial charge in [0.05, 0.1) is 0 Å². The Morgan fingerprint density at radius 2 is 2.17 bits per heavy atom. The minimum Gasteiger partial charge on any atom is -0.378 e. The molecule has 1 fully saturated rings. The van der Waals surface area contributed by atoms with Gasteiger partial charge in [0.15, 0.2) is 0 Å². The summed E-state index contributed by atoms with van der Waals surface area (Å²) in [7, 11) is 3.92. The lowest BCUT2D eigenvalue weighted by Gasteiger charge is -2.15. The van der Waals surface area contributed by atoms with Crippen molar-refractivity contribution in [3.63, 3.8) is 0 Å². The molecule has 1 aromatic carbocycles. The highest BCUT2D eigenvalue weighted by molar-refractivity contribution is 6.18. The maximum atomic E-state index is 12.0. The number of alkyl halides is 1. The highest BCUT2D eigenvalue weighted by Crippen LogP contribution is 2.45. The van der Waals surface area contributed by atoms with Crippen molar-refractivity contribution in [2.75, 3.05) is 31.4 Å². The molecule has 4 heteroatoms. The van der Waals surface area contributed by atoms with Crippen LogP contribution in [0.3, 0.4) is 0 Å². The van der Waals surface area contributed by atoms with Crippen molar-refractivity contribution in [3.05, 3.63) is 29.8 Å². The zero-order valence-electron chi connectivity index (χ0n) is 10.9. The van der Waals surface area contributed by atoms with Crippen molar-refractivity contribution < 1.29 is 4.79 Å². The summed E-state index contributed by atoms with van der Waals surface area (Å²) < 4.78 is 0. The van der Waals surface area contributed by atoms with Gasteiger partial charge in [-0.3, -0.25) is 4.79 Å². The normalized spacial score (nSPS) is 16.2. The first-order valence-corrected chi connectivity index (χ1v) is 6.71. The van der Waals surface area contributed by atoms with Crippen molar-refractivity contribution in [2.45, 2.75) is 12.8 Å². The summed E-state index contributed by atoms with van der Waals surface area (Å²) in [6.07, 6.45) is 2.24. The molecule has 0 aromatic heterocycles. The van der Waals surface area contributed by atoms with Gasteiger partial charge in [0, 0.05) is 43.2 Å². The number of benzene rings is 1. The van der Waals surface area contributed by atoms with E-state index in [1.165, 1.54) is 0 Å². The van der Waals surface area contributed by atoms with Gasteiger partial charge in [0.1, 0.15) is 0 Å². The van der Waals surface area contributed by atoms with E-state index in [-0.39, 0.29) is 11.3 Å². The lowest BCUT2D eigenvalue weighted by molar-refractivity contribution is 0.0946. The third kappa shape index (κ3) is 2.96. The largest absolute Gasteiger partial charge is 0.378 e. The maximum absolute atomic E-state index is 12.0. The average molecular weight is 267 g/mol. The lowest BCUT2D eigenvalue weighted by atomic mass is 10.1. The summed E-state index contributed by atoms with van der Waals surface area (Å²) in [5, 5.41) is 2.98. The van der Waals surface area contributed by atoms with E-state index in [1.54, 1.807) is 0 Å². The van der Waals surface area contributed by atoms with Crippen LogP contribution in [0.25, 0.3) is 0 Å². The van der Waals surface area contributed by atoms with E-state index < -0.39 is 0 Å². The van der Waals surface area contributed by atoms with Gasteiger partial charge in [-0.25, -0.2) is 0 Å². The molecule has 0 spiro atoms. The Kier molecular flexibility index (Phi) is 3.81. The van der Waals surface area contributed by atoms with Gasteiger partial charge >= 0.3 is 0 Å². The summed E-state index contributed by atoms with van der Waals surface area (Å²) in [5.41, 5.74) is 1.89. The Hall–Kier alpha value is -1.22. The molecule has 18 heavy (non-hydrogen) atoms. The second-order valence-corrected chi connectivity index (χ2v) is 5.53. The van der Waals surface area contributed by atoms with Crippen LogP contribution < -0.4 is 10.2 Å². The first kappa shape index (κ1) is 13.2. The van der Waals surface area contributed by atoms with Crippen LogP contribution in [-0.2, 0) is 0 Å². The van der Waals surface area contributed by atoms with Crippen LogP contribution in [0.1, 0.15) is 23.2 Å². The number of hydrogen-bond donors (Lipinski definition) is 1. The molecule has 1 N–H and O–H groups in total. The zero-order valence-corrected chi connectivity index (χ0v) is 11.6. The molecule has 1 aliphatic carbocycles. The Bertz CT molecular complexity index is 441. The van der Waals surface area contributed by atoms with E-state index in [0.29, 0.717) is 18.0 Å². The third-order valence-corrected chi connectivity index (χ3v) is 4.06. The number of hydrogen-bond acceptors (Lipinski definition) is 2. The second kappa shape index (κ2) is 5.19. The van der Waals surface area contributed by atoms with E-state index >= 15 is 0 Å². The molecule has 98 valence electrons. The SMILES string of the molecule is CN(C)c1cccc(C(=O)NCC2(CCl)CC2)c1. The van der Waals surface area contributed by atoms with Gasteiger partial charge in [0.25, 0.3) is 5.91 Å². The minimum atomic E-state index is -0.0184. The molecule has 0 atom stereocenters. The first-order valence-electron chi connectivity index (χ1n) is 6.18. The van der Waals surface area contributed by atoms with E-state index in [1.807, 2.05) is 43.3 Å². The molecule has 1 amide bonds. The molecule has 0 radical (unpaired) electrons. The smallest absolute Gasteiger partial charge is 0.251 e. The maximum Gasteiger partial charge on any atom is 0.251 e. The molecule has 0 saturated heterocycles. The predicted octanol–water partition coefficient (Wildman–Crippen LogP) is 2.50. The Morgan fingerprint density at radius 1 is 1.44 bits per heavy atom. The van der Waals surface area contributed by atoms with Crippen LogP contribution in [0.4, 0.5) is 5.69 Å². The third-order valence-electron chi connectivity index (χ3n) is 3.49. The van der Waals surface area contributed by atoms with Gasteiger partial charge < -0.3 is 10.2 Å². The molecule has 3 nitrogen and oxygen atoms in total. The number of nitrogens with one attached hydrogen (secondary N) is 1. The Balaban J connectivity index is 1.98. The lowest BCUT2D eigenvalue weighted by Crippen LogP contribution is -2.31. The fourth-order valence-electron chi connectivity index (χ4n) is 1.83. The second-order valence-electron chi connectivity index (χ2n) is 5.26. The zero-order chi connectivity index (χ0) is 13.2. The van der Waals surface area contributed by atoms with E-state index in [4.69, 9.17) is 11.6 Å². The van der Waals surface area contributed by atoms with Crippen LogP contribution in [0.5, 0.6) is 0 Å². The topological polar surface area (TPSA) is 32.3 Å². The quantitative estimate of drug-likeness (QED) is 0.831. The van der Waals surface area contributed by atoms with Gasteiger partial charge in [0.2, 0.25) is 0 Å². The van der Waals surface area contributed by atoms with Gasteiger partial charge in [-0.1, -0.05) is 6.07 Å². The number of carbonyl (C=O) groups is 1. The summed E-state index contributed by atoms with van der Waals surface area (Å²) in [6.45, 7) is 0.682. The summed E-state index contributed by atoms with van der Waals surface area (Å²) in [5.74, 6) is 0.612. The predicted molar refractivity (Wildman–Crippen MR) is 75.5 cm³/mol. The van der Waals surface area contributed by atoms with Crippen molar-refractivity contribution in [2.24, 2.45) is 5.41 Å². The van der Waals surface area contributed by atoms with Crippen molar-refractivity contribution >= 4 is 23.2 Å². The fraction of sp³-hybridized carbons (Fsp3) is 0.500. The number of rotatable bonds is 5. The number of halogens is 1. The van der Waals surface area contributed by atoms with Crippen LogP contribution in [-0.4, -0.2) is 32.4 Å². The molecule has 1 aliphatic rings. The molecule has 0 aliphatic heterocycles. The molecular weight excluding hydrogens is 248 g/mol. The van der Waals surface area contributed by atoms with Crippen LogP contribution in [0.15, 0.2) is 24.3 Å². The van der Waals surface area contributed by atoms with E-state index in [9.17, 15) is 4.79 Å². The van der Waals surface area contributed by atoms with Crippen LogP contribution in [0.2, 0.25) is 0 Å². The van der Waals surface area contributed by atoms with Crippen molar-refractivity contribution in [1.29, 1.82) is 0 Å². The number of anilines is 1. The molecular formula is C14H19ClN2O.